The normalized spacial score (nSPS) is 16.0. The van der Waals surface area contributed by atoms with Crippen molar-refractivity contribution >= 4 is 28.7 Å². The number of rotatable bonds is 5. The van der Waals surface area contributed by atoms with Crippen LogP contribution in [0.4, 0.5) is 0 Å². The Balaban J connectivity index is 1.24. The molecule has 0 unspecified atom stereocenters. The van der Waals surface area contributed by atoms with Crippen molar-refractivity contribution in [1.29, 1.82) is 0 Å². The SMILES string of the molecule is CN(C(=O)c1onc2c1CN(C(=O)c1cc3ccccc3[nH]1)CC2)C1(c2ccc(C(=O)O)cc2)CC1. The molecule has 1 aliphatic carbocycles. The second-order valence-electron chi connectivity index (χ2n) is 9.46. The summed E-state index contributed by atoms with van der Waals surface area (Å²) in [5.74, 6) is -1.28. The Morgan fingerprint density at radius 2 is 1.86 bits per heavy atom. The quantitative estimate of drug-likeness (QED) is 0.445. The van der Waals surface area contributed by atoms with E-state index in [0.717, 1.165) is 29.3 Å². The number of amides is 2. The lowest BCUT2D eigenvalue weighted by Gasteiger charge is -2.29. The number of carbonyl (C=O) groups excluding carboxylic acids is 2. The molecule has 2 aromatic heterocycles. The molecule has 0 radical (unpaired) electrons. The zero-order valence-corrected chi connectivity index (χ0v) is 19.7. The monoisotopic (exact) mass is 484 g/mol. The molecule has 6 rings (SSSR count). The number of nitrogens with zero attached hydrogens (tertiary/aromatic N) is 3. The number of carboxylic acids is 1. The third-order valence-corrected chi connectivity index (χ3v) is 7.42. The van der Waals surface area contributed by atoms with Crippen LogP contribution in [0.1, 0.15) is 61.1 Å². The molecule has 0 spiro atoms. The molecule has 0 saturated heterocycles. The summed E-state index contributed by atoms with van der Waals surface area (Å²) < 4.78 is 5.53. The number of aromatic carboxylic acids is 1. The van der Waals surface area contributed by atoms with Crippen LogP contribution in [0.15, 0.2) is 59.1 Å². The van der Waals surface area contributed by atoms with Crippen LogP contribution in [0, 0.1) is 0 Å². The van der Waals surface area contributed by atoms with Gasteiger partial charge in [-0.3, -0.25) is 9.59 Å². The minimum absolute atomic E-state index is 0.137. The summed E-state index contributed by atoms with van der Waals surface area (Å²) in [6.45, 7) is 0.722. The molecule has 9 nitrogen and oxygen atoms in total. The van der Waals surface area contributed by atoms with Crippen molar-refractivity contribution in [2.75, 3.05) is 13.6 Å². The number of fused-ring (bicyclic) bond motifs is 2. The smallest absolute Gasteiger partial charge is 0.335 e. The van der Waals surface area contributed by atoms with Crippen molar-refractivity contribution in [3.05, 3.63) is 88.4 Å². The van der Waals surface area contributed by atoms with Crippen molar-refractivity contribution in [1.82, 2.24) is 19.9 Å². The van der Waals surface area contributed by atoms with Gasteiger partial charge in [-0.2, -0.15) is 0 Å². The van der Waals surface area contributed by atoms with Crippen molar-refractivity contribution < 1.29 is 24.0 Å². The van der Waals surface area contributed by atoms with Gasteiger partial charge in [0.2, 0.25) is 5.76 Å². The van der Waals surface area contributed by atoms with Crippen LogP contribution in [-0.2, 0) is 18.5 Å². The van der Waals surface area contributed by atoms with E-state index in [1.807, 2.05) is 30.3 Å². The van der Waals surface area contributed by atoms with E-state index in [9.17, 15) is 19.5 Å². The lowest BCUT2D eigenvalue weighted by Crippen LogP contribution is -2.39. The third-order valence-electron chi connectivity index (χ3n) is 7.42. The Labute approximate surface area is 206 Å². The van der Waals surface area contributed by atoms with Crippen LogP contribution in [0.2, 0.25) is 0 Å². The molecule has 36 heavy (non-hydrogen) atoms. The Morgan fingerprint density at radius 1 is 1.11 bits per heavy atom. The molecule has 1 saturated carbocycles. The van der Waals surface area contributed by atoms with Crippen LogP contribution < -0.4 is 0 Å². The van der Waals surface area contributed by atoms with E-state index in [0.29, 0.717) is 29.9 Å². The molecule has 1 fully saturated rings. The van der Waals surface area contributed by atoms with Crippen molar-refractivity contribution in [3.63, 3.8) is 0 Å². The molecule has 0 bridgehead atoms. The van der Waals surface area contributed by atoms with E-state index < -0.39 is 11.5 Å². The van der Waals surface area contributed by atoms with Gasteiger partial charge < -0.3 is 24.4 Å². The summed E-state index contributed by atoms with van der Waals surface area (Å²) in [5, 5.41) is 14.3. The zero-order valence-electron chi connectivity index (χ0n) is 19.7. The van der Waals surface area contributed by atoms with E-state index in [-0.39, 0.29) is 29.7 Å². The number of hydrogen-bond donors (Lipinski definition) is 2. The van der Waals surface area contributed by atoms with E-state index >= 15 is 0 Å². The van der Waals surface area contributed by atoms with Gasteiger partial charge in [0, 0.05) is 36.5 Å². The molecule has 1 aliphatic heterocycles. The maximum Gasteiger partial charge on any atom is 0.335 e. The Kier molecular flexibility index (Phi) is 4.96. The fraction of sp³-hybridized carbons (Fsp3) is 0.259. The molecule has 2 amide bonds. The van der Waals surface area contributed by atoms with Crippen LogP contribution in [-0.4, -0.2) is 56.4 Å². The molecule has 2 aliphatic rings. The minimum atomic E-state index is -0.990. The zero-order chi connectivity index (χ0) is 25.0. The lowest BCUT2D eigenvalue weighted by atomic mass is 10.00. The van der Waals surface area contributed by atoms with Crippen molar-refractivity contribution in [2.45, 2.75) is 31.3 Å². The maximum atomic E-state index is 13.6. The first-order valence-electron chi connectivity index (χ1n) is 11.8. The average Bonchev–Trinajstić information content (AvgIpc) is 3.42. The molecule has 2 N–H and O–H groups in total. The van der Waals surface area contributed by atoms with E-state index in [1.165, 1.54) is 0 Å². The van der Waals surface area contributed by atoms with E-state index in [2.05, 4.69) is 10.1 Å². The van der Waals surface area contributed by atoms with Gasteiger partial charge in [0.05, 0.1) is 23.3 Å². The number of carboxylic acid groups (broad SMARTS) is 1. The Bertz CT molecular complexity index is 1480. The van der Waals surface area contributed by atoms with E-state index in [1.54, 1.807) is 41.1 Å². The van der Waals surface area contributed by atoms with Crippen molar-refractivity contribution in [3.8, 4) is 0 Å². The summed E-state index contributed by atoms with van der Waals surface area (Å²) in [6.07, 6.45) is 2.04. The number of aromatic amines is 1. The van der Waals surface area contributed by atoms with Crippen LogP contribution in [0.5, 0.6) is 0 Å². The Hall–Kier alpha value is -4.40. The number of hydrogen-bond acceptors (Lipinski definition) is 5. The van der Waals surface area contributed by atoms with Gasteiger partial charge in [0.1, 0.15) is 5.69 Å². The van der Waals surface area contributed by atoms with Crippen molar-refractivity contribution in [2.24, 2.45) is 0 Å². The van der Waals surface area contributed by atoms with Gasteiger partial charge in [-0.25, -0.2) is 4.79 Å². The van der Waals surface area contributed by atoms with Gasteiger partial charge in [-0.1, -0.05) is 35.5 Å². The van der Waals surface area contributed by atoms with Crippen LogP contribution in [0.3, 0.4) is 0 Å². The molecule has 3 heterocycles. The highest BCUT2D eigenvalue weighted by Gasteiger charge is 2.51. The molecule has 2 aromatic carbocycles. The first-order chi connectivity index (χ1) is 17.4. The first-order valence-corrected chi connectivity index (χ1v) is 11.8. The maximum absolute atomic E-state index is 13.6. The summed E-state index contributed by atoms with van der Waals surface area (Å²) >= 11 is 0. The number of para-hydroxylation sites is 1. The molecular formula is C27H24N4O5. The summed E-state index contributed by atoms with van der Waals surface area (Å²) in [5.41, 5.74) is 3.31. The lowest BCUT2D eigenvalue weighted by molar-refractivity contribution is 0.0649. The largest absolute Gasteiger partial charge is 0.478 e. The molecule has 182 valence electrons. The summed E-state index contributed by atoms with van der Waals surface area (Å²) in [7, 11) is 1.73. The molecule has 0 atom stereocenters. The minimum Gasteiger partial charge on any atom is -0.478 e. The van der Waals surface area contributed by atoms with Crippen LogP contribution in [0.25, 0.3) is 10.9 Å². The predicted octanol–water partition coefficient (Wildman–Crippen LogP) is 3.81. The van der Waals surface area contributed by atoms with Gasteiger partial charge in [0.25, 0.3) is 11.8 Å². The second-order valence-corrected chi connectivity index (χ2v) is 9.46. The van der Waals surface area contributed by atoms with Gasteiger partial charge in [0.15, 0.2) is 0 Å². The van der Waals surface area contributed by atoms with Gasteiger partial charge >= 0.3 is 5.97 Å². The highest BCUT2D eigenvalue weighted by atomic mass is 16.5. The fourth-order valence-electron chi connectivity index (χ4n) is 5.12. The van der Waals surface area contributed by atoms with Gasteiger partial charge in [-0.05, 0) is 42.7 Å². The molecule has 9 heteroatoms. The number of benzene rings is 2. The summed E-state index contributed by atoms with van der Waals surface area (Å²) in [6, 6.07) is 16.2. The first kappa shape index (κ1) is 22.1. The van der Waals surface area contributed by atoms with Gasteiger partial charge in [-0.15, -0.1) is 0 Å². The number of H-pyrrole nitrogens is 1. The number of nitrogens with one attached hydrogen (secondary N) is 1. The molecular weight excluding hydrogens is 460 g/mol. The topological polar surface area (TPSA) is 120 Å². The van der Waals surface area contributed by atoms with Crippen LogP contribution >= 0.6 is 0 Å². The number of aromatic nitrogens is 2. The summed E-state index contributed by atoms with van der Waals surface area (Å²) in [4.78, 5) is 44.6. The highest BCUT2D eigenvalue weighted by molar-refractivity contribution is 5.98. The average molecular weight is 485 g/mol. The third kappa shape index (κ3) is 3.46. The standard InChI is InChI=1S/C27H24N4O5/c1-30(27(11-12-27)18-8-6-16(7-9-18)26(34)35)25(33)23-19-15-31(13-10-21(19)29-36-23)24(32)22-14-17-4-2-3-5-20(17)28-22/h2-9,14,28H,10-13,15H2,1H3,(H,34,35). The Morgan fingerprint density at radius 3 is 2.56 bits per heavy atom. The number of carbonyl (C=O) groups is 3. The fourth-order valence-corrected chi connectivity index (χ4v) is 5.12. The molecule has 4 aromatic rings. The highest BCUT2D eigenvalue weighted by Crippen LogP contribution is 2.51. The van der Waals surface area contributed by atoms with E-state index in [4.69, 9.17) is 4.52 Å². The second kappa shape index (κ2) is 8.08. The predicted molar refractivity (Wildman–Crippen MR) is 130 cm³/mol.